The minimum Gasteiger partial charge on any atom is -0.352 e. The second-order valence-electron chi connectivity index (χ2n) is 7.69. The number of carbonyl (C=O) groups excluding carboxylic acids is 2. The fraction of sp³-hybridized carbons (Fsp3) is 0.200. The molecule has 1 N–H and O–H groups in total. The van der Waals surface area contributed by atoms with Crippen molar-refractivity contribution in [1.82, 2.24) is 10.2 Å². The van der Waals surface area contributed by atoms with Crippen LogP contribution in [0.4, 0.5) is 8.78 Å². The first-order chi connectivity index (χ1) is 15.0. The standard InChI is InChI=1S/C25H22F2N2O2/c26-20-11-9-18(10-12-20)25(31)29-15-22(19-7-4-8-21(27)13-19)23(16-29)24(30)28-14-17-5-2-1-3-6-17/h1-13,22-23H,14-16H2,(H,28,30)/t22-,23+/m0/s1. The largest absolute Gasteiger partial charge is 0.352 e. The summed E-state index contributed by atoms with van der Waals surface area (Å²) in [6.45, 7) is 0.860. The van der Waals surface area contributed by atoms with E-state index in [-0.39, 0.29) is 36.6 Å². The zero-order chi connectivity index (χ0) is 21.8. The third-order valence-corrected chi connectivity index (χ3v) is 5.62. The molecule has 0 bridgehead atoms. The Hall–Kier alpha value is -3.54. The summed E-state index contributed by atoms with van der Waals surface area (Å²) in [5, 5.41) is 2.94. The molecule has 1 aliphatic rings. The average molecular weight is 420 g/mol. The molecule has 1 aliphatic heterocycles. The Morgan fingerprint density at radius 3 is 2.32 bits per heavy atom. The van der Waals surface area contributed by atoms with Gasteiger partial charge in [0.1, 0.15) is 11.6 Å². The van der Waals surface area contributed by atoms with Gasteiger partial charge in [-0.25, -0.2) is 8.78 Å². The molecule has 3 aromatic rings. The van der Waals surface area contributed by atoms with Crippen molar-refractivity contribution in [2.75, 3.05) is 13.1 Å². The van der Waals surface area contributed by atoms with Gasteiger partial charge in [-0.1, -0.05) is 42.5 Å². The average Bonchev–Trinajstić information content (AvgIpc) is 3.24. The number of rotatable bonds is 5. The number of nitrogens with zero attached hydrogens (tertiary/aromatic N) is 1. The van der Waals surface area contributed by atoms with Gasteiger partial charge < -0.3 is 10.2 Å². The van der Waals surface area contributed by atoms with Crippen molar-refractivity contribution >= 4 is 11.8 Å². The Labute approximate surface area is 179 Å². The number of nitrogens with one attached hydrogen (secondary N) is 1. The van der Waals surface area contributed by atoms with Crippen molar-refractivity contribution in [1.29, 1.82) is 0 Å². The van der Waals surface area contributed by atoms with E-state index < -0.39 is 11.7 Å². The van der Waals surface area contributed by atoms with Gasteiger partial charge in [-0.05, 0) is 47.5 Å². The predicted molar refractivity (Wildman–Crippen MR) is 113 cm³/mol. The van der Waals surface area contributed by atoms with Gasteiger partial charge in [0.05, 0.1) is 5.92 Å². The molecule has 0 spiro atoms. The van der Waals surface area contributed by atoms with E-state index in [2.05, 4.69) is 5.32 Å². The molecule has 4 nitrogen and oxygen atoms in total. The Balaban J connectivity index is 1.55. The summed E-state index contributed by atoms with van der Waals surface area (Å²) in [7, 11) is 0. The van der Waals surface area contributed by atoms with Crippen molar-refractivity contribution in [2.24, 2.45) is 5.92 Å². The lowest BCUT2D eigenvalue weighted by molar-refractivity contribution is -0.125. The van der Waals surface area contributed by atoms with Gasteiger partial charge in [-0.15, -0.1) is 0 Å². The maximum Gasteiger partial charge on any atom is 0.253 e. The molecule has 1 saturated heterocycles. The van der Waals surface area contributed by atoms with Gasteiger partial charge in [-0.2, -0.15) is 0 Å². The second kappa shape index (κ2) is 9.08. The Morgan fingerprint density at radius 2 is 1.61 bits per heavy atom. The first kappa shape index (κ1) is 20.7. The second-order valence-corrected chi connectivity index (χ2v) is 7.69. The molecule has 0 aliphatic carbocycles. The highest BCUT2D eigenvalue weighted by atomic mass is 19.1. The molecule has 0 unspecified atom stereocenters. The third-order valence-electron chi connectivity index (χ3n) is 5.62. The maximum absolute atomic E-state index is 13.9. The van der Waals surface area contributed by atoms with E-state index >= 15 is 0 Å². The van der Waals surface area contributed by atoms with Crippen LogP contribution < -0.4 is 5.32 Å². The quantitative estimate of drug-likeness (QED) is 0.675. The van der Waals surface area contributed by atoms with E-state index in [9.17, 15) is 18.4 Å². The summed E-state index contributed by atoms with van der Waals surface area (Å²) in [4.78, 5) is 27.6. The van der Waals surface area contributed by atoms with Gasteiger partial charge in [0.2, 0.25) is 5.91 Å². The lowest BCUT2D eigenvalue weighted by Crippen LogP contribution is -2.35. The van der Waals surface area contributed by atoms with Crippen LogP contribution in [-0.2, 0) is 11.3 Å². The van der Waals surface area contributed by atoms with Crippen molar-refractivity contribution in [3.63, 3.8) is 0 Å². The van der Waals surface area contributed by atoms with E-state index in [0.717, 1.165) is 5.56 Å². The van der Waals surface area contributed by atoms with Gasteiger partial charge in [-0.3, -0.25) is 9.59 Å². The molecule has 0 saturated carbocycles. The number of benzene rings is 3. The van der Waals surface area contributed by atoms with Crippen molar-refractivity contribution in [3.05, 3.63) is 107 Å². The highest BCUT2D eigenvalue weighted by molar-refractivity contribution is 5.95. The van der Waals surface area contributed by atoms with E-state index in [1.807, 2.05) is 30.3 Å². The van der Waals surface area contributed by atoms with Crippen LogP contribution in [0.15, 0.2) is 78.9 Å². The summed E-state index contributed by atoms with van der Waals surface area (Å²) < 4.78 is 27.1. The minimum atomic E-state index is -0.519. The smallest absolute Gasteiger partial charge is 0.253 e. The molecule has 158 valence electrons. The number of halogens is 2. The fourth-order valence-corrected chi connectivity index (χ4v) is 4.00. The van der Waals surface area contributed by atoms with E-state index in [1.165, 1.54) is 36.4 Å². The number of carbonyl (C=O) groups is 2. The van der Waals surface area contributed by atoms with E-state index in [4.69, 9.17) is 0 Å². The number of likely N-dealkylation sites (tertiary alicyclic amines) is 1. The molecule has 0 aromatic heterocycles. The summed E-state index contributed by atoms with van der Waals surface area (Å²) in [5.41, 5.74) is 1.99. The molecule has 2 amide bonds. The van der Waals surface area contributed by atoms with Crippen LogP contribution in [0, 0.1) is 17.6 Å². The predicted octanol–water partition coefficient (Wildman–Crippen LogP) is 4.14. The Morgan fingerprint density at radius 1 is 0.871 bits per heavy atom. The molecule has 6 heteroatoms. The molecule has 1 fully saturated rings. The molecule has 0 radical (unpaired) electrons. The van der Waals surface area contributed by atoms with Crippen LogP contribution in [-0.4, -0.2) is 29.8 Å². The molecule has 31 heavy (non-hydrogen) atoms. The molecular formula is C25H22F2N2O2. The molecule has 2 atom stereocenters. The highest BCUT2D eigenvalue weighted by Crippen LogP contribution is 2.34. The SMILES string of the molecule is O=C(NCc1ccccc1)[C@@H]1CN(C(=O)c2ccc(F)cc2)C[C@H]1c1cccc(F)c1. The molecular weight excluding hydrogens is 398 g/mol. The molecule has 1 heterocycles. The lowest BCUT2D eigenvalue weighted by atomic mass is 9.88. The van der Waals surface area contributed by atoms with Crippen LogP contribution in [0.2, 0.25) is 0 Å². The van der Waals surface area contributed by atoms with Crippen LogP contribution in [0.5, 0.6) is 0 Å². The normalized spacial score (nSPS) is 18.1. The fourth-order valence-electron chi connectivity index (χ4n) is 4.00. The van der Waals surface area contributed by atoms with Crippen molar-refractivity contribution < 1.29 is 18.4 Å². The topological polar surface area (TPSA) is 49.4 Å². The minimum absolute atomic E-state index is 0.187. The number of amides is 2. The van der Waals surface area contributed by atoms with E-state index in [0.29, 0.717) is 17.7 Å². The zero-order valence-electron chi connectivity index (χ0n) is 16.8. The zero-order valence-corrected chi connectivity index (χ0v) is 16.8. The number of hydrogen-bond donors (Lipinski definition) is 1. The van der Waals surface area contributed by atoms with Gasteiger partial charge in [0.15, 0.2) is 0 Å². The first-order valence-corrected chi connectivity index (χ1v) is 10.1. The van der Waals surface area contributed by atoms with Crippen LogP contribution >= 0.6 is 0 Å². The number of hydrogen-bond acceptors (Lipinski definition) is 2. The molecule has 4 rings (SSSR count). The summed E-state index contributed by atoms with van der Waals surface area (Å²) in [6.07, 6.45) is 0. The monoisotopic (exact) mass is 420 g/mol. The Bertz CT molecular complexity index is 1070. The molecule has 3 aromatic carbocycles. The van der Waals surface area contributed by atoms with Crippen LogP contribution in [0.25, 0.3) is 0 Å². The van der Waals surface area contributed by atoms with Crippen LogP contribution in [0.3, 0.4) is 0 Å². The van der Waals surface area contributed by atoms with Gasteiger partial charge in [0, 0.05) is 31.1 Å². The van der Waals surface area contributed by atoms with Gasteiger partial charge >= 0.3 is 0 Å². The van der Waals surface area contributed by atoms with E-state index in [1.54, 1.807) is 17.0 Å². The third kappa shape index (κ3) is 4.79. The summed E-state index contributed by atoms with van der Waals surface area (Å²) in [5.74, 6) is -2.13. The summed E-state index contributed by atoms with van der Waals surface area (Å²) in [6, 6.07) is 21.0. The maximum atomic E-state index is 13.9. The van der Waals surface area contributed by atoms with Crippen molar-refractivity contribution in [2.45, 2.75) is 12.5 Å². The van der Waals surface area contributed by atoms with Crippen molar-refractivity contribution in [3.8, 4) is 0 Å². The summed E-state index contributed by atoms with van der Waals surface area (Å²) >= 11 is 0. The highest BCUT2D eigenvalue weighted by Gasteiger charge is 2.40. The van der Waals surface area contributed by atoms with Gasteiger partial charge in [0.25, 0.3) is 5.91 Å². The lowest BCUT2D eigenvalue weighted by Gasteiger charge is -2.18. The first-order valence-electron chi connectivity index (χ1n) is 10.1. The Kier molecular flexibility index (Phi) is 6.07. The van der Waals surface area contributed by atoms with Crippen LogP contribution in [0.1, 0.15) is 27.4 Å².